The molecule has 1 saturated carbocycles. The zero-order valence-electron chi connectivity index (χ0n) is 11.0. The van der Waals surface area contributed by atoms with Crippen molar-refractivity contribution in [3.8, 4) is 0 Å². The van der Waals surface area contributed by atoms with Crippen LogP contribution in [0.5, 0.6) is 0 Å². The third-order valence-electron chi connectivity index (χ3n) is 4.08. The van der Waals surface area contributed by atoms with Gasteiger partial charge in [0, 0.05) is 13.6 Å². The van der Waals surface area contributed by atoms with Gasteiger partial charge in [0.25, 0.3) is 0 Å². The number of hydrogen-bond acceptors (Lipinski definition) is 3. The number of aliphatic hydroxyl groups excluding tert-OH is 1. The lowest BCUT2D eigenvalue weighted by atomic mass is 9.85. The molecule has 1 atom stereocenters. The second-order valence-corrected chi connectivity index (χ2v) is 5.49. The molecule has 0 aromatic rings. The quantitative estimate of drug-likeness (QED) is 0.784. The van der Waals surface area contributed by atoms with E-state index in [9.17, 15) is 14.7 Å². The summed E-state index contributed by atoms with van der Waals surface area (Å²) in [6.07, 6.45) is 5.17. The first kappa shape index (κ1) is 13.3. The molecule has 5 heteroatoms. The van der Waals surface area contributed by atoms with Crippen LogP contribution in [0.4, 0.5) is 0 Å². The number of likely N-dealkylation sites (N-methyl/N-ethyl adjacent to an activating group) is 1. The maximum absolute atomic E-state index is 11.8. The summed E-state index contributed by atoms with van der Waals surface area (Å²) in [6.45, 7) is 0.554. The van der Waals surface area contributed by atoms with Gasteiger partial charge in [-0.25, -0.2) is 0 Å². The lowest BCUT2D eigenvalue weighted by molar-refractivity contribution is -0.150. The summed E-state index contributed by atoms with van der Waals surface area (Å²) in [7, 11) is 1.63. The Balaban J connectivity index is 1.87. The normalized spacial score (nSPS) is 24.6. The Labute approximate surface area is 108 Å². The zero-order chi connectivity index (χ0) is 13.1. The Morgan fingerprint density at radius 3 is 2.50 bits per heavy atom. The minimum atomic E-state index is -0.481. The van der Waals surface area contributed by atoms with Crippen molar-refractivity contribution in [1.29, 1.82) is 0 Å². The summed E-state index contributed by atoms with van der Waals surface area (Å²) in [5.41, 5.74) is 0. The second-order valence-electron chi connectivity index (χ2n) is 5.49. The molecule has 1 aliphatic heterocycles. The van der Waals surface area contributed by atoms with Crippen LogP contribution in [0.1, 0.15) is 32.1 Å². The first-order valence-electron chi connectivity index (χ1n) is 6.77. The lowest BCUT2D eigenvalue weighted by Crippen LogP contribution is -2.54. The first-order chi connectivity index (χ1) is 8.58. The summed E-state index contributed by atoms with van der Waals surface area (Å²) in [4.78, 5) is 26.3. The van der Waals surface area contributed by atoms with Gasteiger partial charge in [0.1, 0.15) is 0 Å². The molecule has 2 fully saturated rings. The summed E-state index contributed by atoms with van der Waals surface area (Å²) in [5, 5.41) is 10.2. The van der Waals surface area contributed by atoms with Gasteiger partial charge in [-0.15, -0.1) is 0 Å². The van der Waals surface area contributed by atoms with Crippen LogP contribution in [-0.2, 0) is 9.59 Å². The van der Waals surface area contributed by atoms with E-state index < -0.39 is 6.10 Å². The smallest absolute Gasteiger partial charge is 0.242 e. The highest BCUT2D eigenvalue weighted by atomic mass is 16.3. The Hall–Kier alpha value is -1.10. The maximum Gasteiger partial charge on any atom is 0.242 e. The van der Waals surface area contributed by atoms with Crippen LogP contribution in [0.25, 0.3) is 0 Å². The van der Waals surface area contributed by atoms with E-state index in [1.807, 2.05) is 0 Å². The van der Waals surface area contributed by atoms with Crippen molar-refractivity contribution < 1.29 is 14.7 Å². The van der Waals surface area contributed by atoms with Crippen LogP contribution in [0.2, 0.25) is 0 Å². The average molecular weight is 254 g/mol. The number of β-amino-alcohol motifs (C(OH)–C–C–N with tert-alkyl or cyclic N) is 1. The molecule has 1 unspecified atom stereocenters. The van der Waals surface area contributed by atoms with Gasteiger partial charge in [-0.3, -0.25) is 9.59 Å². The number of nitrogens with zero attached hydrogens (tertiary/aromatic N) is 2. The standard InChI is InChI=1S/C13H22N2O3/c1-14-8-13(18)15(9-12(14)17)7-11(16)10-5-3-2-4-6-10/h10-11,16H,2-9H2,1H3. The van der Waals surface area contributed by atoms with Gasteiger partial charge in [0.05, 0.1) is 19.2 Å². The van der Waals surface area contributed by atoms with Gasteiger partial charge < -0.3 is 14.9 Å². The van der Waals surface area contributed by atoms with Gasteiger partial charge in [-0.2, -0.15) is 0 Å². The number of aliphatic hydroxyl groups is 1. The molecule has 1 saturated heterocycles. The number of amides is 2. The number of rotatable bonds is 3. The van der Waals surface area contributed by atoms with Crippen LogP contribution in [0.3, 0.4) is 0 Å². The largest absolute Gasteiger partial charge is 0.391 e. The molecule has 0 aromatic heterocycles. The molecule has 2 rings (SSSR count). The fourth-order valence-electron chi connectivity index (χ4n) is 2.82. The van der Waals surface area contributed by atoms with Crippen molar-refractivity contribution >= 4 is 11.8 Å². The molecule has 18 heavy (non-hydrogen) atoms. The molecule has 1 heterocycles. The van der Waals surface area contributed by atoms with Gasteiger partial charge >= 0.3 is 0 Å². The van der Waals surface area contributed by atoms with Crippen molar-refractivity contribution in [3.63, 3.8) is 0 Å². The molecule has 0 radical (unpaired) electrons. The molecule has 0 bridgehead atoms. The Kier molecular flexibility index (Phi) is 4.22. The molecular weight excluding hydrogens is 232 g/mol. The predicted octanol–water partition coefficient (Wildman–Crippen LogP) is 0.228. The molecule has 102 valence electrons. The van der Waals surface area contributed by atoms with Crippen molar-refractivity contribution in [2.45, 2.75) is 38.2 Å². The number of carbonyl (C=O) groups excluding carboxylic acids is 2. The summed E-state index contributed by atoms with van der Waals surface area (Å²) >= 11 is 0. The van der Waals surface area contributed by atoms with Crippen LogP contribution >= 0.6 is 0 Å². The Bertz CT molecular complexity index is 326. The van der Waals surface area contributed by atoms with Gasteiger partial charge in [0.15, 0.2) is 0 Å². The van der Waals surface area contributed by atoms with Crippen LogP contribution in [-0.4, -0.2) is 59.5 Å². The van der Waals surface area contributed by atoms with E-state index in [2.05, 4.69) is 0 Å². The minimum absolute atomic E-state index is 0.0505. The van der Waals surface area contributed by atoms with Gasteiger partial charge in [-0.05, 0) is 18.8 Å². The lowest BCUT2D eigenvalue weighted by Gasteiger charge is -2.35. The van der Waals surface area contributed by atoms with E-state index in [1.165, 1.54) is 16.2 Å². The molecule has 1 aliphatic carbocycles. The SMILES string of the molecule is CN1CC(=O)N(CC(O)C2CCCCC2)CC1=O. The highest BCUT2D eigenvalue weighted by molar-refractivity contribution is 5.92. The van der Waals surface area contributed by atoms with Crippen LogP contribution in [0, 0.1) is 5.92 Å². The fourth-order valence-corrected chi connectivity index (χ4v) is 2.82. The zero-order valence-corrected chi connectivity index (χ0v) is 11.0. The summed E-state index contributed by atoms with van der Waals surface area (Å²) < 4.78 is 0. The third-order valence-corrected chi connectivity index (χ3v) is 4.08. The third kappa shape index (κ3) is 3.02. The average Bonchev–Trinajstić information content (AvgIpc) is 2.37. The summed E-state index contributed by atoms with van der Waals surface area (Å²) in [5.74, 6) is 0.179. The van der Waals surface area contributed by atoms with E-state index in [-0.39, 0.29) is 24.9 Å². The first-order valence-corrected chi connectivity index (χ1v) is 6.77. The van der Waals surface area contributed by atoms with E-state index >= 15 is 0 Å². The maximum atomic E-state index is 11.8. The summed E-state index contributed by atoms with van der Waals surface area (Å²) in [6, 6.07) is 0. The van der Waals surface area contributed by atoms with Gasteiger partial charge in [-0.1, -0.05) is 19.3 Å². The van der Waals surface area contributed by atoms with Crippen molar-refractivity contribution in [2.24, 2.45) is 5.92 Å². The molecule has 1 N–H and O–H groups in total. The highest BCUT2D eigenvalue weighted by Gasteiger charge is 2.31. The Morgan fingerprint density at radius 2 is 1.83 bits per heavy atom. The number of carbonyl (C=O) groups is 2. The molecule has 0 spiro atoms. The van der Waals surface area contributed by atoms with E-state index in [0.29, 0.717) is 12.5 Å². The van der Waals surface area contributed by atoms with Crippen LogP contribution < -0.4 is 0 Å². The van der Waals surface area contributed by atoms with E-state index in [4.69, 9.17) is 0 Å². The molecule has 5 nitrogen and oxygen atoms in total. The van der Waals surface area contributed by atoms with E-state index in [1.54, 1.807) is 7.05 Å². The molecule has 0 aromatic carbocycles. The minimum Gasteiger partial charge on any atom is -0.391 e. The van der Waals surface area contributed by atoms with Crippen LogP contribution in [0.15, 0.2) is 0 Å². The molecular formula is C13H22N2O3. The Morgan fingerprint density at radius 1 is 1.17 bits per heavy atom. The second kappa shape index (κ2) is 5.69. The van der Waals surface area contributed by atoms with Gasteiger partial charge in [0.2, 0.25) is 11.8 Å². The highest BCUT2D eigenvalue weighted by Crippen LogP contribution is 2.27. The fraction of sp³-hybridized carbons (Fsp3) is 0.846. The van der Waals surface area contributed by atoms with Crippen molar-refractivity contribution in [1.82, 2.24) is 9.80 Å². The predicted molar refractivity (Wildman–Crippen MR) is 66.8 cm³/mol. The van der Waals surface area contributed by atoms with Crippen molar-refractivity contribution in [2.75, 3.05) is 26.7 Å². The van der Waals surface area contributed by atoms with Crippen molar-refractivity contribution in [3.05, 3.63) is 0 Å². The van der Waals surface area contributed by atoms with E-state index in [0.717, 1.165) is 25.7 Å². The molecule has 2 aliphatic rings. The number of piperazine rings is 1. The number of hydrogen-bond donors (Lipinski definition) is 1. The molecule has 2 amide bonds. The monoisotopic (exact) mass is 254 g/mol. The topological polar surface area (TPSA) is 60.9 Å².